The number of nitrogens with one attached hydrogen (secondary N) is 1. The molecule has 7 heteroatoms. The Hall–Kier alpha value is -1.70. The Bertz CT molecular complexity index is 1040. The molecule has 162 valence electrons. The summed E-state index contributed by atoms with van der Waals surface area (Å²) in [6, 6.07) is 10.8. The molecule has 0 aliphatic carbocycles. The molecule has 1 N–H and O–H groups in total. The van der Waals surface area contributed by atoms with Gasteiger partial charge in [0.25, 0.3) is 0 Å². The van der Waals surface area contributed by atoms with Crippen molar-refractivity contribution in [2.45, 2.75) is 51.5 Å². The fourth-order valence-corrected chi connectivity index (χ4v) is 5.78. The highest BCUT2D eigenvalue weighted by molar-refractivity contribution is 9.10. The minimum Gasteiger partial charge on any atom is -0.349 e. The lowest BCUT2D eigenvalue weighted by Gasteiger charge is -2.32. The zero-order valence-corrected chi connectivity index (χ0v) is 20.3. The fraction of sp³-hybridized carbons (Fsp3) is 0.435. The van der Waals surface area contributed by atoms with Gasteiger partial charge in [0, 0.05) is 17.6 Å². The van der Waals surface area contributed by atoms with Crippen molar-refractivity contribution in [3.63, 3.8) is 0 Å². The Morgan fingerprint density at radius 1 is 1.10 bits per heavy atom. The molecule has 0 unspecified atom stereocenters. The van der Waals surface area contributed by atoms with Gasteiger partial charge in [-0.1, -0.05) is 28.1 Å². The smallest absolute Gasteiger partial charge is 0.243 e. The number of halogens is 1. The number of hydrogen-bond donors (Lipinski definition) is 1. The van der Waals surface area contributed by atoms with Gasteiger partial charge in [-0.3, -0.25) is 4.79 Å². The number of rotatable bonds is 5. The summed E-state index contributed by atoms with van der Waals surface area (Å²) in [5.74, 6) is -0.436. The van der Waals surface area contributed by atoms with Crippen molar-refractivity contribution in [3.8, 4) is 0 Å². The van der Waals surface area contributed by atoms with Crippen LogP contribution in [0.4, 0.5) is 0 Å². The molecule has 0 aromatic heterocycles. The molecule has 3 rings (SSSR count). The molecule has 0 radical (unpaired) electrons. The number of piperidine rings is 1. The van der Waals surface area contributed by atoms with Crippen LogP contribution in [0.25, 0.3) is 0 Å². The minimum atomic E-state index is -3.61. The molecule has 5 nitrogen and oxygen atoms in total. The fourth-order valence-electron chi connectivity index (χ4n) is 3.99. The van der Waals surface area contributed by atoms with Crippen LogP contribution in [-0.2, 0) is 14.8 Å². The molecular formula is C23H29BrN2O3S. The van der Waals surface area contributed by atoms with Gasteiger partial charge in [-0.05, 0) is 87.1 Å². The average Bonchev–Trinajstić information content (AvgIpc) is 2.71. The lowest BCUT2D eigenvalue weighted by molar-refractivity contribution is -0.126. The highest BCUT2D eigenvalue weighted by Gasteiger charge is 2.33. The number of amides is 1. The van der Waals surface area contributed by atoms with Gasteiger partial charge in [-0.2, -0.15) is 4.31 Å². The van der Waals surface area contributed by atoms with Gasteiger partial charge in [-0.25, -0.2) is 8.42 Å². The van der Waals surface area contributed by atoms with Crippen molar-refractivity contribution in [3.05, 3.63) is 63.1 Å². The van der Waals surface area contributed by atoms with E-state index >= 15 is 0 Å². The number of benzene rings is 2. The molecule has 0 spiro atoms. The van der Waals surface area contributed by atoms with Crippen LogP contribution in [0.15, 0.2) is 45.8 Å². The largest absolute Gasteiger partial charge is 0.349 e. The van der Waals surface area contributed by atoms with Gasteiger partial charge in [-0.15, -0.1) is 0 Å². The maximum atomic E-state index is 13.0. The van der Waals surface area contributed by atoms with E-state index in [-0.39, 0.29) is 29.3 Å². The summed E-state index contributed by atoms with van der Waals surface area (Å²) in [4.78, 5) is 13.2. The van der Waals surface area contributed by atoms with Crippen molar-refractivity contribution >= 4 is 31.9 Å². The Morgan fingerprint density at radius 3 is 2.40 bits per heavy atom. The van der Waals surface area contributed by atoms with E-state index in [4.69, 9.17) is 0 Å². The van der Waals surface area contributed by atoms with E-state index in [1.54, 1.807) is 24.3 Å². The Balaban J connectivity index is 1.71. The van der Waals surface area contributed by atoms with E-state index in [0.717, 1.165) is 15.6 Å². The molecule has 1 aliphatic heterocycles. The number of carbonyl (C=O) groups excluding carboxylic acids is 1. The molecule has 30 heavy (non-hydrogen) atoms. The molecule has 2 aromatic carbocycles. The zero-order chi connectivity index (χ0) is 22.1. The molecule has 1 heterocycles. The number of aryl methyl sites for hydroxylation is 3. The molecule has 1 saturated heterocycles. The van der Waals surface area contributed by atoms with E-state index in [1.807, 2.05) is 6.92 Å². The van der Waals surface area contributed by atoms with Gasteiger partial charge in [0.05, 0.1) is 16.9 Å². The topological polar surface area (TPSA) is 66.5 Å². The zero-order valence-electron chi connectivity index (χ0n) is 17.9. The highest BCUT2D eigenvalue weighted by Crippen LogP contribution is 2.26. The third kappa shape index (κ3) is 4.95. The van der Waals surface area contributed by atoms with Crippen molar-refractivity contribution < 1.29 is 13.2 Å². The van der Waals surface area contributed by atoms with E-state index in [1.165, 1.54) is 15.4 Å². The van der Waals surface area contributed by atoms with E-state index in [0.29, 0.717) is 19.4 Å². The van der Waals surface area contributed by atoms with E-state index in [9.17, 15) is 13.2 Å². The number of hydrogen-bond acceptors (Lipinski definition) is 3. The van der Waals surface area contributed by atoms with Crippen LogP contribution < -0.4 is 5.32 Å². The Labute approximate surface area is 188 Å². The monoisotopic (exact) mass is 492 g/mol. The van der Waals surface area contributed by atoms with Crippen LogP contribution in [0.1, 0.15) is 48.1 Å². The lowest BCUT2D eigenvalue weighted by Crippen LogP contribution is -2.45. The molecule has 1 fully saturated rings. The number of carbonyl (C=O) groups is 1. The summed E-state index contributed by atoms with van der Waals surface area (Å²) >= 11 is 3.33. The Kier molecular flexibility index (Phi) is 7.05. The Morgan fingerprint density at radius 2 is 1.73 bits per heavy atom. The molecule has 2 aromatic rings. The first-order valence-corrected chi connectivity index (χ1v) is 12.5. The second kappa shape index (κ2) is 9.20. The second-order valence-corrected chi connectivity index (χ2v) is 11.0. The van der Waals surface area contributed by atoms with Crippen LogP contribution in [-0.4, -0.2) is 31.7 Å². The lowest BCUT2D eigenvalue weighted by atomic mass is 9.95. The van der Waals surface area contributed by atoms with Crippen molar-refractivity contribution in [1.29, 1.82) is 0 Å². The van der Waals surface area contributed by atoms with Gasteiger partial charge in [0.2, 0.25) is 15.9 Å². The predicted octanol–water partition coefficient (Wildman–Crippen LogP) is 4.65. The summed E-state index contributed by atoms with van der Waals surface area (Å²) < 4.78 is 28.3. The minimum absolute atomic E-state index is 0.0872. The van der Waals surface area contributed by atoms with Crippen molar-refractivity contribution in [2.24, 2.45) is 5.92 Å². The summed E-state index contributed by atoms with van der Waals surface area (Å²) in [6.07, 6.45) is 1.36. The SMILES string of the molecule is Cc1cc(C)c([C@@H](C)NC(=O)[C@@H]2CCCN(S(=O)(=O)c3ccc(Br)cc3)C2)cc1C. The maximum Gasteiger partial charge on any atom is 0.243 e. The summed E-state index contributed by atoms with van der Waals surface area (Å²) in [6.45, 7) is 8.83. The maximum absolute atomic E-state index is 13.0. The number of sulfonamides is 1. The van der Waals surface area contributed by atoms with Gasteiger partial charge < -0.3 is 5.32 Å². The molecule has 2 atom stereocenters. The molecular weight excluding hydrogens is 464 g/mol. The summed E-state index contributed by atoms with van der Waals surface area (Å²) in [5, 5.41) is 3.11. The van der Waals surface area contributed by atoms with Crippen LogP contribution >= 0.6 is 15.9 Å². The van der Waals surface area contributed by atoms with E-state index in [2.05, 4.69) is 54.2 Å². The summed E-state index contributed by atoms with van der Waals surface area (Å²) in [7, 11) is -3.61. The van der Waals surface area contributed by atoms with Crippen molar-refractivity contribution in [2.75, 3.05) is 13.1 Å². The molecule has 1 aliphatic rings. The van der Waals surface area contributed by atoms with Crippen LogP contribution in [0.2, 0.25) is 0 Å². The van der Waals surface area contributed by atoms with Crippen molar-refractivity contribution in [1.82, 2.24) is 9.62 Å². The third-order valence-corrected chi connectivity index (χ3v) is 8.32. The quantitative estimate of drug-likeness (QED) is 0.660. The number of nitrogens with zero attached hydrogens (tertiary/aromatic N) is 1. The first-order valence-electron chi connectivity index (χ1n) is 10.2. The summed E-state index contributed by atoms with van der Waals surface area (Å²) in [5.41, 5.74) is 4.67. The second-order valence-electron chi connectivity index (χ2n) is 8.18. The van der Waals surface area contributed by atoms with E-state index < -0.39 is 10.0 Å². The van der Waals surface area contributed by atoms with Gasteiger partial charge >= 0.3 is 0 Å². The van der Waals surface area contributed by atoms with Crippen LogP contribution in [0, 0.1) is 26.7 Å². The van der Waals surface area contributed by atoms with Crippen LogP contribution in [0.3, 0.4) is 0 Å². The molecule has 0 bridgehead atoms. The highest BCUT2D eigenvalue weighted by atomic mass is 79.9. The van der Waals surface area contributed by atoms with Crippen LogP contribution in [0.5, 0.6) is 0 Å². The molecule has 1 amide bonds. The first kappa shape index (κ1) is 23.0. The normalized spacial score (nSPS) is 18.8. The average molecular weight is 493 g/mol. The molecule has 0 saturated carbocycles. The third-order valence-electron chi connectivity index (χ3n) is 5.91. The van der Waals surface area contributed by atoms with Gasteiger partial charge in [0.15, 0.2) is 0 Å². The van der Waals surface area contributed by atoms with Gasteiger partial charge in [0.1, 0.15) is 0 Å². The standard InChI is InChI=1S/C23H29BrN2O3S/c1-15-12-17(3)22(13-16(15)2)18(4)25-23(27)19-6-5-11-26(14-19)30(28,29)21-9-7-20(24)8-10-21/h7-10,12-13,18-19H,5-6,11,14H2,1-4H3,(H,25,27)/t18-,19-/m1/s1. The predicted molar refractivity (Wildman–Crippen MR) is 123 cm³/mol. The first-order chi connectivity index (χ1) is 14.1.